The molecule has 1 heterocycles. The quantitative estimate of drug-likeness (QED) is 0.457. The molecule has 36 heavy (non-hydrogen) atoms. The Hall–Kier alpha value is -3.54. The van der Waals surface area contributed by atoms with Crippen LogP contribution in [0.1, 0.15) is 67.8 Å². The number of nitrogens with one attached hydrogen (secondary N) is 1. The van der Waals surface area contributed by atoms with Crippen molar-refractivity contribution in [1.29, 1.82) is 0 Å². The molecule has 2 aliphatic carbocycles. The van der Waals surface area contributed by atoms with E-state index in [4.69, 9.17) is 4.74 Å². The Morgan fingerprint density at radius 2 is 2.00 bits per heavy atom. The molecule has 1 atom stereocenters. The molecule has 0 aliphatic heterocycles. The first-order valence-electron chi connectivity index (χ1n) is 11.7. The van der Waals surface area contributed by atoms with Gasteiger partial charge in [-0.2, -0.15) is 4.68 Å². The average Bonchev–Trinajstić information content (AvgIpc) is 3.42. The first-order valence-corrected chi connectivity index (χ1v) is 13.2. The van der Waals surface area contributed by atoms with Gasteiger partial charge in [0.25, 0.3) is 10.0 Å². The molecule has 2 N–H and O–H groups in total. The number of sulfonamides is 1. The summed E-state index contributed by atoms with van der Waals surface area (Å²) < 4.78 is 52.1. The lowest BCUT2D eigenvalue weighted by Gasteiger charge is -2.29. The number of carbonyl (C=O) groups is 1. The van der Waals surface area contributed by atoms with Crippen molar-refractivity contribution in [2.24, 2.45) is 5.41 Å². The van der Waals surface area contributed by atoms with E-state index < -0.39 is 21.8 Å². The molecular formula is C24H26FN5O5S. The van der Waals surface area contributed by atoms with Crippen LogP contribution in [0.25, 0.3) is 5.69 Å². The molecule has 12 heteroatoms. The molecule has 2 aliphatic rings. The highest BCUT2D eigenvalue weighted by atomic mass is 32.2. The molecule has 5 rings (SSSR count). The summed E-state index contributed by atoms with van der Waals surface area (Å²) in [5.41, 5.74) is 0.174. The lowest BCUT2D eigenvalue weighted by Crippen LogP contribution is -2.29. The number of benzene rings is 2. The lowest BCUT2D eigenvalue weighted by atomic mass is 9.89. The highest BCUT2D eigenvalue weighted by Gasteiger charge is 2.37. The maximum absolute atomic E-state index is 15.1. The number of halogens is 1. The first kappa shape index (κ1) is 24.2. The molecule has 1 unspecified atom stereocenters. The van der Waals surface area contributed by atoms with Crippen molar-refractivity contribution in [1.82, 2.24) is 20.2 Å². The fourth-order valence-corrected chi connectivity index (χ4v) is 6.05. The summed E-state index contributed by atoms with van der Waals surface area (Å²) in [6, 6.07) is 6.51. The van der Waals surface area contributed by atoms with E-state index in [1.54, 1.807) is 6.07 Å². The first-order chi connectivity index (χ1) is 17.0. The summed E-state index contributed by atoms with van der Waals surface area (Å²) in [6.07, 6.45) is 5.21. The predicted molar refractivity (Wildman–Crippen MR) is 127 cm³/mol. The molecule has 2 fully saturated rings. The molecule has 2 aromatic carbocycles. The van der Waals surface area contributed by atoms with Crippen LogP contribution in [0, 0.1) is 11.2 Å². The van der Waals surface area contributed by atoms with Crippen molar-refractivity contribution >= 4 is 21.7 Å². The molecule has 0 bridgehead atoms. The summed E-state index contributed by atoms with van der Waals surface area (Å²) in [5, 5.41) is 20.2. The highest BCUT2D eigenvalue weighted by molar-refractivity contribution is 7.92. The number of rotatable bonds is 8. The van der Waals surface area contributed by atoms with Gasteiger partial charge in [0, 0.05) is 11.5 Å². The maximum Gasteiger partial charge on any atom is 0.335 e. The predicted octanol–water partition coefficient (Wildman–Crippen LogP) is 4.14. The lowest BCUT2D eigenvalue weighted by molar-refractivity contribution is 0.0696. The Labute approximate surface area is 207 Å². The number of nitrogens with zero attached hydrogens (tertiary/aromatic N) is 4. The Morgan fingerprint density at radius 1 is 1.22 bits per heavy atom. The van der Waals surface area contributed by atoms with Gasteiger partial charge in [-0.25, -0.2) is 17.6 Å². The third kappa shape index (κ3) is 4.64. The molecule has 3 aromatic rings. The van der Waals surface area contributed by atoms with Crippen molar-refractivity contribution in [2.75, 3.05) is 4.72 Å². The van der Waals surface area contributed by atoms with Crippen molar-refractivity contribution in [3.63, 3.8) is 0 Å². The Bertz CT molecular complexity index is 1420. The summed E-state index contributed by atoms with van der Waals surface area (Å²) in [5.74, 6) is -1.85. The molecule has 0 amide bonds. The minimum Gasteiger partial charge on any atom is -0.488 e. The van der Waals surface area contributed by atoms with Gasteiger partial charge in [-0.05, 0) is 72.2 Å². The third-order valence-electron chi connectivity index (χ3n) is 6.88. The summed E-state index contributed by atoms with van der Waals surface area (Å²) in [6.45, 7) is 4.11. The number of ether oxygens (including phenoxy) is 1. The molecule has 190 valence electrons. The molecule has 0 radical (unpaired) electrons. The SMILES string of the molecule is CC1(C)CCCC1Oc1cc(F)c(-n2cnnn2)cc1NS(=O)(=O)c1cc(C(=O)O)ccc1C1CC1. The van der Waals surface area contributed by atoms with E-state index in [1.165, 1.54) is 18.5 Å². The number of carboxylic acid groups (broad SMARTS) is 1. The zero-order valence-corrected chi connectivity index (χ0v) is 20.6. The largest absolute Gasteiger partial charge is 0.488 e. The van der Waals surface area contributed by atoms with E-state index in [2.05, 4.69) is 34.1 Å². The van der Waals surface area contributed by atoms with Gasteiger partial charge in [-0.15, -0.1) is 5.10 Å². The van der Waals surface area contributed by atoms with Gasteiger partial charge in [-0.3, -0.25) is 4.72 Å². The Kier molecular flexibility index (Phi) is 5.93. The molecule has 2 saturated carbocycles. The number of hydrogen-bond acceptors (Lipinski definition) is 7. The van der Waals surface area contributed by atoms with Crippen molar-refractivity contribution in [3.8, 4) is 11.4 Å². The van der Waals surface area contributed by atoms with E-state index in [1.807, 2.05) is 0 Å². The molecular weight excluding hydrogens is 489 g/mol. The Balaban J connectivity index is 1.59. The summed E-state index contributed by atoms with van der Waals surface area (Å²) in [4.78, 5) is 11.4. The van der Waals surface area contributed by atoms with E-state index in [9.17, 15) is 18.3 Å². The van der Waals surface area contributed by atoms with Gasteiger partial charge in [-0.1, -0.05) is 19.9 Å². The van der Waals surface area contributed by atoms with E-state index in [0.717, 1.165) is 48.9 Å². The third-order valence-corrected chi connectivity index (χ3v) is 8.31. The van der Waals surface area contributed by atoms with Gasteiger partial charge >= 0.3 is 5.97 Å². The smallest absolute Gasteiger partial charge is 0.335 e. The number of aromatic nitrogens is 4. The number of anilines is 1. The zero-order valence-electron chi connectivity index (χ0n) is 19.8. The van der Waals surface area contributed by atoms with Crippen LogP contribution in [0.2, 0.25) is 0 Å². The van der Waals surface area contributed by atoms with Crippen molar-refractivity contribution in [3.05, 3.63) is 53.6 Å². The minimum absolute atomic E-state index is 0.00655. The molecule has 0 spiro atoms. The molecule has 0 saturated heterocycles. The fraction of sp³-hybridized carbons (Fsp3) is 0.417. The second-order valence-electron chi connectivity index (χ2n) is 9.98. The van der Waals surface area contributed by atoms with Crippen LogP contribution in [0.15, 0.2) is 41.6 Å². The number of tetrazole rings is 1. The number of carboxylic acids is 1. The minimum atomic E-state index is -4.27. The monoisotopic (exact) mass is 515 g/mol. The fourth-order valence-electron chi connectivity index (χ4n) is 4.67. The molecule has 10 nitrogen and oxygen atoms in total. The van der Waals surface area contributed by atoms with Crippen LogP contribution in [0.5, 0.6) is 5.75 Å². The number of aromatic carboxylic acids is 1. The van der Waals surface area contributed by atoms with Crippen LogP contribution >= 0.6 is 0 Å². The Morgan fingerprint density at radius 3 is 2.61 bits per heavy atom. The number of hydrogen-bond donors (Lipinski definition) is 2. The van der Waals surface area contributed by atoms with Crippen molar-refractivity contribution < 1.29 is 27.4 Å². The van der Waals surface area contributed by atoms with Crippen LogP contribution < -0.4 is 9.46 Å². The van der Waals surface area contributed by atoms with E-state index in [-0.39, 0.29) is 45.0 Å². The maximum atomic E-state index is 15.1. The van der Waals surface area contributed by atoms with Gasteiger partial charge < -0.3 is 9.84 Å². The second kappa shape index (κ2) is 8.84. The standard InChI is InChI=1S/C24H26FN5O5S/c1-24(2)9-3-4-22(24)35-20-11-17(25)19(30-13-26-28-29-30)12-18(20)27-36(33,34)21-10-15(23(31)32)7-8-16(21)14-5-6-14/h7-8,10-14,22,27H,3-6,9H2,1-2H3,(H,31,32). The van der Waals surface area contributed by atoms with Crippen LogP contribution in [-0.4, -0.2) is 45.8 Å². The van der Waals surface area contributed by atoms with Crippen LogP contribution in [0.3, 0.4) is 0 Å². The van der Waals surface area contributed by atoms with Gasteiger partial charge in [0.05, 0.1) is 16.1 Å². The van der Waals surface area contributed by atoms with Crippen LogP contribution in [0.4, 0.5) is 10.1 Å². The van der Waals surface area contributed by atoms with Gasteiger partial charge in [0.15, 0.2) is 5.82 Å². The zero-order chi connectivity index (χ0) is 25.7. The van der Waals surface area contributed by atoms with Crippen LogP contribution in [-0.2, 0) is 10.0 Å². The average molecular weight is 516 g/mol. The van der Waals surface area contributed by atoms with E-state index in [0.29, 0.717) is 5.56 Å². The van der Waals surface area contributed by atoms with Crippen molar-refractivity contribution in [2.45, 2.75) is 62.9 Å². The second-order valence-corrected chi connectivity index (χ2v) is 11.6. The van der Waals surface area contributed by atoms with E-state index >= 15 is 4.39 Å². The summed E-state index contributed by atoms with van der Waals surface area (Å²) in [7, 11) is -4.27. The van der Waals surface area contributed by atoms with Gasteiger partial charge in [0.1, 0.15) is 23.9 Å². The van der Waals surface area contributed by atoms with Gasteiger partial charge in [0.2, 0.25) is 0 Å². The normalized spacial score (nSPS) is 19.2. The highest BCUT2D eigenvalue weighted by Crippen LogP contribution is 2.45. The molecule has 1 aromatic heterocycles. The summed E-state index contributed by atoms with van der Waals surface area (Å²) >= 11 is 0. The topological polar surface area (TPSA) is 136 Å².